The molecular formula is C11H21NO. The van der Waals surface area contributed by atoms with Gasteiger partial charge in [0.05, 0.1) is 6.10 Å². The third-order valence-electron chi connectivity index (χ3n) is 4.07. The summed E-state index contributed by atoms with van der Waals surface area (Å²) in [6.45, 7) is 3.20. The minimum Gasteiger partial charge on any atom is -0.391 e. The van der Waals surface area contributed by atoms with E-state index in [4.69, 9.17) is 0 Å². The molecule has 2 N–H and O–H groups in total. The molecule has 1 aliphatic heterocycles. The molecule has 0 aromatic carbocycles. The number of hydrogen-bond acceptors (Lipinski definition) is 2. The Bertz CT molecular complexity index is 177. The van der Waals surface area contributed by atoms with Crippen LogP contribution in [0, 0.1) is 5.92 Å². The van der Waals surface area contributed by atoms with Crippen molar-refractivity contribution in [2.24, 2.45) is 5.92 Å². The summed E-state index contributed by atoms with van der Waals surface area (Å²) in [4.78, 5) is 0. The molecule has 2 unspecified atom stereocenters. The van der Waals surface area contributed by atoms with Gasteiger partial charge in [-0.05, 0) is 38.6 Å². The van der Waals surface area contributed by atoms with Crippen LogP contribution in [0.4, 0.5) is 0 Å². The van der Waals surface area contributed by atoms with Gasteiger partial charge in [0.25, 0.3) is 0 Å². The topological polar surface area (TPSA) is 32.3 Å². The van der Waals surface area contributed by atoms with Crippen LogP contribution in [0.3, 0.4) is 0 Å². The van der Waals surface area contributed by atoms with Crippen molar-refractivity contribution in [1.82, 2.24) is 5.32 Å². The summed E-state index contributed by atoms with van der Waals surface area (Å²) in [6.07, 6.45) is 7.54. The van der Waals surface area contributed by atoms with Crippen LogP contribution in [0.25, 0.3) is 0 Å². The van der Waals surface area contributed by atoms with E-state index in [9.17, 15) is 5.11 Å². The molecule has 0 radical (unpaired) electrons. The van der Waals surface area contributed by atoms with Gasteiger partial charge in [0.15, 0.2) is 0 Å². The van der Waals surface area contributed by atoms with Gasteiger partial charge in [0.2, 0.25) is 0 Å². The van der Waals surface area contributed by atoms with E-state index in [1.165, 1.54) is 32.1 Å². The second-order valence-electron chi connectivity index (χ2n) is 4.85. The standard InChI is InChI=1S/C11H21NO/c1-11(10(13)7-8-12-11)9-5-3-2-4-6-9/h9-10,12-13H,2-8H2,1H3. The fourth-order valence-electron chi connectivity index (χ4n) is 3.01. The Morgan fingerprint density at radius 3 is 2.38 bits per heavy atom. The van der Waals surface area contributed by atoms with Crippen LogP contribution in [0.1, 0.15) is 45.4 Å². The summed E-state index contributed by atoms with van der Waals surface area (Å²) in [5.41, 5.74) is 0.0282. The van der Waals surface area contributed by atoms with E-state index in [-0.39, 0.29) is 11.6 Å². The van der Waals surface area contributed by atoms with E-state index in [2.05, 4.69) is 12.2 Å². The highest BCUT2D eigenvalue weighted by Crippen LogP contribution is 2.37. The first-order valence-electron chi connectivity index (χ1n) is 5.66. The third-order valence-corrected chi connectivity index (χ3v) is 4.07. The summed E-state index contributed by atoms with van der Waals surface area (Å²) in [7, 11) is 0. The van der Waals surface area contributed by atoms with Crippen molar-refractivity contribution in [1.29, 1.82) is 0 Å². The van der Waals surface area contributed by atoms with Crippen LogP contribution in [-0.2, 0) is 0 Å². The highest BCUT2D eigenvalue weighted by molar-refractivity contribution is 5.01. The van der Waals surface area contributed by atoms with Crippen molar-refractivity contribution in [2.75, 3.05) is 6.54 Å². The molecule has 76 valence electrons. The van der Waals surface area contributed by atoms with Gasteiger partial charge in [-0.25, -0.2) is 0 Å². The molecule has 13 heavy (non-hydrogen) atoms. The summed E-state index contributed by atoms with van der Waals surface area (Å²) >= 11 is 0. The Morgan fingerprint density at radius 2 is 1.85 bits per heavy atom. The minimum absolute atomic E-state index is 0.0282. The first-order valence-corrected chi connectivity index (χ1v) is 5.66. The van der Waals surface area contributed by atoms with E-state index in [0.717, 1.165) is 13.0 Å². The Morgan fingerprint density at radius 1 is 1.15 bits per heavy atom. The predicted molar refractivity (Wildman–Crippen MR) is 53.6 cm³/mol. The molecule has 2 fully saturated rings. The van der Waals surface area contributed by atoms with E-state index in [1.807, 2.05) is 0 Å². The number of nitrogens with one attached hydrogen (secondary N) is 1. The molecule has 1 heterocycles. The molecule has 0 spiro atoms. The zero-order valence-electron chi connectivity index (χ0n) is 8.55. The van der Waals surface area contributed by atoms with Gasteiger partial charge in [0.1, 0.15) is 0 Å². The van der Waals surface area contributed by atoms with E-state index >= 15 is 0 Å². The Labute approximate surface area is 80.7 Å². The highest BCUT2D eigenvalue weighted by atomic mass is 16.3. The highest BCUT2D eigenvalue weighted by Gasteiger charge is 2.43. The Balaban J connectivity index is 2.03. The quantitative estimate of drug-likeness (QED) is 0.648. The zero-order chi connectivity index (χ0) is 9.31. The second kappa shape index (κ2) is 3.58. The summed E-state index contributed by atoms with van der Waals surface area (Å²) in [5, 5.41) is 13.4. The van der Waals surface area contributed by atoms with Gasteiger partial charge in [0, 0.05) is 5.54 Å². The van der Waals surface area contributed by atoms with Crippen LogP contribution in [0.5, 0.6) is 0 Å². The maximum absolute atomic E-state index is 9.94. The van der Waals surface area contributed by atoms with Crippen molar-refractivity contribution in [3.63, 3.8) is 0 Å². The lowest BCUT2D eigenvalue weighted by atomic mass is 9.74. The monoisotopic (exact) mass is 183 g/mol. The predicted octanol–water partition coefficient (Wildman–Crippen LogP) is 1.68. The lowest BCUT2D eigenvalue weighted by molar-refractivity contribution is 0.0530. The van der Waals surface area contributed by atoms with Gasteiger partial charge >= 0.3 is 0 Å². The minimum atomic E-state index is -0.115. The Hall–Kier alpha value is -0.0800. The molecular weight excluding hydrogens is 162 g/mol. The van der Waals surface area contributed by atoms with Crippen molar-refractivity contribution < 1.29 is 5.11 Å². The average molecular weight is 183 g/mol. The molecule has 0 aromatic rings. The molecule has 1 aliphatic carbocycles. The van der Waals surface area contributed by atoms with Gasteiger partial charge in [-0.2, -0.15) is 0 Å². The van der Waals surface area contributed by atoms with Crippen molar-refractivity contribution in [3.8, 4) is 0 Å². The molecule has 2 nitrogen and oxygen atoms in total. The fraction of sp³-hybridized carbons (Fsp3) is 1.00. The normalized spacial score (nSPS) is 42.5. The number of aliphatic hydroxyl groups is 1. The van der Waals surface area contributed by atoms with Crippen LogP contribution >= 0.6 is 0 Å². The zero-order valence-corrected chi connectivity index (χ0v) is 8.55. The number of hydrogen-bond donors (Lipinski definition) is 2. The fourth-order valence-corrected chi connectivity index (χ4v) is 3.01. The molecule has 0 amide bonds. The SMILES string of the molecule is CC1(C2CCCCC2)NCCC1O. The molecule has 0 bridgehead atoms. The first kappa shape index (κ1) is 9.47. The van der Waals surface area contributed by atoms with Gasteiger partial charge in [-0.1, -0.05) is 19.3 Å². The first-order chi connectivity index (χ1) is 6.23. The summed E-state index contributed by atoms with van der Waals surface area (Å²) in [5.74, 6) is 0.707. The van der Waals surface area contributed by atoms with Crippen LogP contribution < -0.4 is 5.32 Å². The molecule has 2 aliphatic rings. The van der Waals surface area contributed by atoms with Crippen LogP contribution in [0.15, 0.2) is 0 Å². The third kappa shape index (κ3) is 1.62. The summed E-state index contributed by atoms with van der Waals surface area (Å²) in [6, 6.07) is 0. The van der Waals surface area contributed by atoms with Crippen LogP contribution in [-0.4, -0.2) is 23.3 Å². The van der Waals surface area contributed by atoms with E-state index in [0.29, 0.717) is 5.92 Å². The summed E-state index contributed by atoms with van der Waals surface area (Å²) < 4.78 is 0. The molecule has 0 aromatic heterocycles. The van der Waals surface area contributed by atoms with Crippen molar-refractivity contribution in [3.05, 3.63) is 0 Å². The van der Waals surface area contributed by atoms with Gasteiger partial charge < -0.3 is 10.4 Å². The smallest absolute Gasteiger partial charge is 0.0733 e. The lowest BCUT2D eigenvalue weighted by Gasteiger charge is -2.39. The lowest BCUT2D eigenvalue weighted by Crippen LogP contribution is -2.51. The number of aliphatic hydroxyl groups excluding tert-OH is 1. The average Bonchev–Trinajstić information content (AvgIpc) is 2.50. The molecule has 2 rings (SSSR count). The van der Waals surface area contributed by atoms with Gasteiger partial charge in [-0.15, -0.1) is 0 Å². The molecule has 2 atom stereocenters. The van der Waals surface area contributed by atoms with Crippen LogP contribution in [0.2, 0.25) is 0 Å². The largest absolute Gasteiger partial charge is 0.391 e. The maximum atomic E-state index is 9.94. The van der Waals surface area contributed by atoms with Crippen molar-refractivity contribution >= 4 is 0 Å². The number of rotatable bonds is 1. The molecule has 2 heteroatoms. The van der Waals surface area contributed by atoms with E-state index < -0.39 is 0 Å². The van der Waals surface area contributed by atoms with Gasteiger partial charge in [-0.3, -0.25) is 0 Å². The Kier molecular flexibility index (Phi) is 2.61. The molecule has 1 saturated heterocycles. The van der Waals surface area contributed by atoms with Crippen molar-refractivity contribution in [2.45, 2.75) is 57.1 Å². The molecule has 1 saturated carbocycles. The maximum Gasteiger partial charge on any atom is 0.0733 e. The van der Waals surface area contributed by atoms with E-state index in [1.54, 1.807) is 0 Å². The second-order valence-corrected chi connectivity index (χ2v) is 4.85.